The van der Waals surface area contributed by atoms with Crippen molar-refractivity contribution < 1.29 is 35.3 Å². The predicted molar refractivity (Wildman–Crippen MR) is 41.2 cm³/mol. The first-order chi connectivity index (χ1) is 5.13. The van der Waals surface area contributed by atoms with Crippen LogP contribution in [0.4, 0.5) is 0 Å². The molecule has 0 aliphatic heterocycles. The van der Waals surface area contributed by atoms with Gasteiger partial charge in [-0.05, 0) is 12.1 Å². The van der Waals surface area contributed by atoms with E-state index in [2.05, 4.69) is 0 Å². The molecular weight excluding hydrogens is 174 g/mol. The van der Waals surface area contributed by atoms with Crippen molar-refractivity contribution in [2.24, 2.45) is 0 Å². The molecule has 0 amide bonds. The van der Waals surface area contributed by atoms with Crippen LogP contribution in [0, 0.1) is 0 Å². The monoisotopic (exact) mass is 180 g/mol. The maximum absolute atomic E-state index is 10.4. The maximum atomic E-state index is 10.4. The van der Waals surface area contributed by atoms with Crippen LogP contribution in [0.3, 0.4) is 0 Å². The summed E-state index contributed by atoms with van der Waals surface area (Å²) >= 11 is 5.44. The van der Waals surface area contributed by atoms with E-state index in [9.17, 15) is 4.79 Å². The van der Waals surface area contributed by atoms with E-state index in [1.54, 1.807) is 0 Å². The summed E-state index contributed by atoms with van der Waals surface area (Å²) in [5.74, 6) is -1.58. The summed E-state index contributed by atoms with van der Waals surface area (Å²) in [6.07, 6.45) is 0. The quantitative estimate of drug-likeness (QED) is 0.537. The molecule has 1 aromatic rings. The smallest absolute Gasteiger partial charge is 1.00 e. The minimum Gasteiger partial charge on any atom is -1.00 e. The molecule has 0 atom stereocenters. The normalized spacial score (nSPS) is 8.75. The third kappa shape index (κ3) is 2.18. The van der Waals surface area contributed by atoms with Crippen LogP contribution in [-0.4, -0.2) is 16.2 Å². The molecule has 60 valence electrons. The number of hydrogen-bond donors (Lipinski definition) is 2. The van der Waals surface area contributed by atoms with E-state index in [1.807, 2.05) is 0 Å². The number of aromatic carboxylic acids is 1. The van der Waals surface area contributed by atoms with E-state index in [4.69, 9.17) is 21.8 Å². The number of halogens is 1. The fourth-order valence-electron chi connectivity index (χ4n) is 0.688. The summed E-state index contributed by atoms with van der Waals surface area (Å²) in [7, 11) is 0. The fourth-order valence-corrected chi connectivity index (χ4v) is 0.862. The van der Waals surface area contributed by atoms with Crippen LogP contribution in [0.5, 0.6) is 5.75 Å². The van der Waals surface area contributed by atoms with Crippen molar-refractivity contribution in [3.63, 3.8) is 0 Å². The van der Waals surface area contributed by atoms with Gasteiger partial charge in [-0.3, -0.25) is 0 Å². The molecule has 2 N–H and O–H groups in total. The van der Waals surface area contributed by atoms with Crippen molar-refractivity contribution in [3.8, 4) is 5.75 Å². The largest absolute Gasteiger partial charge is 1.00 e. The Kier molecular flexibility index (Phi) is 4.19. The van der Waals surface area contributed by atoms with Gasteiger partial charge in [0.05, 0.1) is 5.02 Å². The van der Waals surface area contributed by atoms with E-state index in [0.717, 1.165) is 0 Å². The topological polar surface area (TPSA) is 57.5 Å². The van der Waals surface area contributed by atoms with Gasteiger partial charge in [-0.1, -0.05) is 17.7 Å². The zero-order chi connectivity index (χ0) is 8.43. The Morgan fingerprint density at radius 2 is 2.08 bits per heavy atom. The molecule has 3 nitrogen and oxygen atoms in total. The maximum Gasteiger partial charge on any atom is 1.00 e. The van der Waals surface area contributed by atoms with Crippen molar-refractivity contribution in [3.05, 3.63) is 28.8 Å². The van der Waals surface area contributed by atoms with Gasteiger partial charge in [0, 0.05) is 0 Å². The van der Waals surface area contributed by atoms with Crippen molar-refractivity contribution in [1.82, 2.24) is 0 Å². The summed E-state index contributed by atoms with van der Waals surface area (Å²) < 4.78 is 0. The van der Waals surface area contributed by atoms with Crippen molar-refractivity contribution in [2.45, 2.75) is 0 Å². The number of carboxylic acid groups (broad SMARTS) is 1. The van der Waals surface area contributed by atoms with Crippen LogP contribution in [0.1, 0.15) is 11.8 Å². The number of para-hydroxylation sites is 1. The number of phenols is 1. The molecule has 0 saturated carbocycles. The van der Waals surface area contributed by atoms with Gasteiger partial charge in [0.1, 0.15) is 11.3 Å². The molecule has 0 aromatic heterocycles. The first-order valence-corrected chi connectivity index (χ1v) is 3.21. The first-order valence-electron chi connectivity index (χ1n) is 2.83. The second-order valence-corrected chi connectivity index (χ2v) is 2.35. The number of hydrogen-bond acceptors (Lipinski definition) is 2. The second-order valence-electron chi connectivity index (χ2n) is 1.94. The van der Waals surface area contributed by atoms with Crippen molar-refractivity contribution in [2.75, 3.05) is 0 Å². The Balaban J connectivity index is 0. The zero-order valence-electron chi connectivity index (χ0n) is 7.41. The number of carbonyl (C=O) groups is 1. The molecule has 0 radical (unpaired) electrons. The summed E-state index contributed by atoms with van der Waals surface area (Å²) in [5, 5.41) is 17.6. The molecule has 1 rings (SSSR count). The van der Waals surface area contributed by atoms with Crippen molar-refractivity contribution >= 4 is 17.6 Å². The molecule has 5 heteroatoms. The van der Waals surface area contributed by atoms with Crippen LogP contribution in [-0.2, 0) is 0 Å². The van der Waals surface area contributed by atoms with Crippen molar-refractivity contribution in [1.29, 1.82) is 0 Å². The Bertz CT molecular complexity index is 306. The Labute approximate surface area is 87.6 Å². The average molecular weight is 181 g/mol. The molecule has 0 bridgehead atoms. The minimum atomic E-state index is -1.19. The van der Waals surface area contributed by atoms with Gasteiger partial charge < -0.3 is 11.6 Å². The molecule has 0 aliphatic carbocycles. The third-order valence-corrected chi connectivity index (χ3v) is 1.52. The fraction of sp³-hybridized carbons (Fsp3) is 0. The molecule has 1 aromatic carbocycles. The van der Waals surface area contributed by atoms with Gasteiger partial charge in [-0.15, -0.1) is 0 Å². The molecule has 12 heavy (non-hydrogen) atoms. The standard InChI is InChI=1S/C7H5ClO3.Li.H/c8-5-3-1-2-4(6(5)9)7(10)11;;/h1-3,9H,(H,10,11);;/q;+1;-1. The van der Waals surface area contributed by atoms with Crippen LogP contribution >= 0.6 is 11.6 Å². The summed E-state index contributed by atoms with van der Waals surface area (Å²) in [5.41, 5.74) is -0.183. The van der Waals surface area contributed by atoms with Gasteiger partial charge in [0.25, 0.3) is 0 Å². The Morgan fingerprint density at radius 1 is 1.50 bits per heavy atom. The second kappa shape index (κ2) is 4.41. The minimum absolute atomic E-state index is 0. The van der Waals surface area contributed by atoms with E-state index in [0.29, 0.717) is 0 Å². The first kappa shape index (κ1) is 11.4. The molecule has 0 heterocycles. The molecule has 0 unspecified atom stereocenters. The van der Waals surface area contributed by atoms with Gasteiger partial charge >= 0.3 is 24.8 Å². The molecule has 0 aliphatic rings. The van der Waals surface area contributed by atoms with Gasteiger partial charge in [-0.2, -0.15) is 0 Å². The van der Waals surface area contributed by atoms with Gasteiger partial charge in [0.2, 0.25) is 0 Å². The van der Waals surface area contributed by atoms with Crippen LogP contribution in [0.25, 0.3) is 0 Å². The number of rotatable bonds is 1. The number of benzene rings is 1. The van der Waals surface area contributed by atoms with Gasteiger partial charge in [-0.25, -0.2) is 4.79 Å². The Hall–Kier alpha value is -0.623. The molecule has 0 fully saturated rings. The van der Waals surface area contributed by atoms with E-state index in [1.165, 1.54) is 18.2 Å². The van der Waals surface area contributed by atoms with E-state index < -0.39 is 5.97 Å². The van der Waals surface area contributed by atoms with Gasteiger partial charge in [0.15, 0.2) is 0 Å². The number of aromatic hydroxyl groups is 1. The molecule has 0 spiro atoms. The summed E-state index contributed by atoms with van der Waals surface area (Å²) in [4.78, 5) is 10.4. The van der Waals surface area contributed by atoms with E-state index >= 15 is 0 Å². The van der Waals surface area contributed by atoms with Crippen LogP contribution < -0.4 is 18.9 Å². The predicted octanol–water partition coefficient (Wildman–Crippen LogP) is -1.14. The summed E-state index contributed by atoms with van der Waals surface area (Å²) in [6, 6.07) is 4.17. The third-order valence-electron chi connectivity index (χ3n) is 1.22. The molecule has 0 saturated heterocycles. The average Bonchev–Trinajstić information content (AvgIpc) is 1.94. The summed E-state index contributed by atoms with van der Waals surface area (Å²) in [6.45, 7) is 0. The van der Waals surface area contributed by atoms with Crippen LogP contribution in [0.2, 0.25) is 5.02 Å². The van der Waals surface area contributed by atoms with Crippen LogP contribution in [0.15, 0.2) is 18.2 Å². The Morgan fingerprint density at radius 3 is 2.50 bits per heavy atom. The SMILES string of the molecule is O=C(O)c1cccc(Cl)c1O.[H-].[Li+]. The molecular formula is C7H6ClLiO3. The number of carboxylic acids is 1. The zero-order valence-corrected chi connectivity index (χ0v) is 7.17. The van der Waals surface area contributed by atoms with E-state index in [-0.39, 0.29) is 36.6 Å².